The van der Waals surface area contributed by atoms with Gasteiger partial charge in [0.2, 0.25) is 5.91 Å². The molecule has 0 atom stereocenters. The van der Waals surface area contributed by atoms with Gasteiger partial charge < -0.3 is 10.6 Å². The Morgan fingerprint density at radius 2 is 1.45 bits per heavy atom. The topological polar surface area (TPSA) is 58.2 Å². The van der Waals surface area contributed by atoms with E-state index < -0.39 is 0 Å². The van der Waals surface area contributed by atoms with E-state index >= 15 is 0 Å². The molecule has 4 nitrogen and oxygen atoms in total. The van der Waals surface area contributed by atoms with Gasteiger partial charge >= 0.3 is 0 Å². The first-order valence-corrected chi connectivity index (χ1v) is 9.72. The first-order chi connectivity index (χ1) is 13.9. The van der Waals surface area contributed by atoms with Crippen molar-refractivity contribution in [3.63, 3.8) is 0 Å². The predicted molar refractivity (Wildman–Crippen MR) is 117 cm³/mol. The molecule has 3 rings (SSSR count). The van der Waals surface area contributed by atoms with Crippen LogP contribution in [0.3, 0.4) is 0 Å². The molecule has 3 aromatic rings. The van der Waals surface area contributed by atoms with Gasteiger partial charge in [-0.3, -0.25) is 9.59 Å². The third-order valence-electron chi connectivity index (χ3n) is 4.85. The van der Waals surface area contributed by atoms with Gasteiger partial charge in [0.1, 0.15) is 0 Å². The Morgan fingerprint density at radius 3 is 2.14 bits per heavy atom. The van der Waals surface area contributed by atoms with Crippen molar-refractivity contribution in [2.45, 2.75) is 27.2 Å². The fraction of sp³-hybridized carbons (Fsp3) is 0.200. The van der Waals surface area contributed by atoms with Crippen LogP contribution in [0.2, 0.25) is 0 Å². The van der Waals surface area contributed by atoms with Gasteiger partial charge in [-0.2, -0.15) is 0 Å². The molecule has 0 bridgehead atoms. The lowest BCUT2D eigenvalue weighted by Crippen LogP contribution is -2.33. The van der Waals surface area contributed by atoms with Crippen LogP contribution in [-0.2, 0) is 11.2 Å². The highest BCUT2D eigenvalue weighted by atomic mass is 16.2. The summed E-state index contributed by atoms with van der Waals surface area (Å²) >= 11 is 0. The maximum atomic E-state index is 12.7. The molecular formula is C25H26N2O2. The zero-order chi connectivity index (χ0) is 20.8. The summed E-state index contributed by atoms with van der Waals surface area (Å²) in [5, 5.41) is 5.66. The van der Waals surface area contributed by atoms with Crippen molar-refractivity contribution in [2.24, 2.45) is 0 Å². The summed E-state index contributed by atoms with van der Waals surface area (Å²) in [4.78, 5) is 25.1. The summed E-state index contributed by atoms with van der Waals surface area (Å²) < 4.78 is 0. The molecule has 0 saturated carbocycles. The SMILES string of the molecule is Cc1cc(C)c(NC(=O)CNC(=O)c2ccccc2Cc2ccccc2)c(C)c1. The van der Waals surface area contributed by atoms with Crippen LogP contribution in [0.25, 0.3) is 0 Å². The van der Waals surface area contributed by atoms with E-state index in [-0.39, 0.29) is 18.4 Å². The van der Waals surface area contributed by atoms with E-state index in [1.807, 2.05) is 81.4 Å². The standard InChI is InChI=1S/C25H26N2O2/c1-17-13-18(2)24(19(3)14-17)27-23(28)16-26-25(29)22-12-8-7-11-21(22)15-20-9-5-4-6-10-20/h4-14H,15-16H2,1-3H3,(H,26,29)(H,27,28). The lowest BCUT2D eigenvalue weighted by atomic mass is 9.99. The molecule has 0 aliphatic rings. The number of anilines is 1. The van der Waals surface area contributed by atoms with E-state index in [1.165, 1.54) is 0 Å². The second kappa shape index (κ2) is 9.20. The molecule has 29 heavy (non-hydrogen) atoms. The van der Waals surface area contributed by atoms with E-state index in [9.17, 15) is 9.59 Å². The fourth-order valence-corrected chi connectivity index (χ4v) is 3.53. The molecule has 0 heterocycles. The largest absolute Gasteiger partial charge is 0.343 e. The maximum absolute atomic E-state index is 12.7. The van der Waals surface area contributed by atoms with Gasteiger partial charge in [0.25, 0.3) is 5.91 Å². The third kappa shape index (κ3) is 5.32. The summed E-state index contributed by atoms with van der Waals surface area (Å²) in [6, 6.07) is 21.6. The maximum Gasteiger partial charge on any atom is 0.252 e. The fourth-order valence-electron chi connectivity index (χ4n) is 3.53. The minimum Gasteiger partial charge on any atom is -0.343 e. The van der Waals surface area contributed by atoms with Crippen molar-refractivity contribution in [1.82, 2.24) is 5.32 Å². The summed E-state index contributed by atoms with van der Waals surface area (Å²) in [5.74, 6) is -0.488. The summed E-state index contributed by atoms with van der Waals surface area (Å²) in [7, 11) is 0. The second-order valence-corrected chi connectivity index (χ2v) is 7.32. The quantitative estimate of drug-likeness (QED) is 0.652. The first kappa shape index (κ1) is 20.3. The molecule has 0 aromatic heterocycles. The van der Waals surface area contributed by atoms with Gasteiger partial charge in [0.05, 0.1) is 6.54 Å². The zero-order valence-corrected chi connectivity index (χ0v) is 17.1. The van der Waals surface area contributed by atoms with E-state index in [2.05, 4.69) is 10.6 Å². The lowest BCUT2D eigenvalue weighted by molar-refractivity contribution is -0.115. The molecule has 0 aliphatic heterocycles. The number of carbonyl (C=O) groups excluding carboxylic acids is 2. The van der Waals surface area contributed by atoms with Crippen molar-refractivity contribution < 1.29 is 9.59 Å². The van der Waals surface area contributed by atoms with Crippen molar-refractivity contribution in [3.05, 3.63) is 100 Å². The molecule has 4 heteroatoms. The predicted octanol–water partition coefficient (Wildman–Crippen LogP) is 4.57. The van der Waals surface area contributed by atoms with E-state index in [0.717, 1.165) is 33.5 Å². The van der Waals surface area contributed by atoms with Gasteiger partial charge in [0, 0.05) is 11.3 Å². The molecule has 2 amide bonds. The smallest absolute Gasteiger partial charge is 0.252 e. The number of nitrogens with one attached hydrogen (secondary N) is 2. The number of hydrogen-bond donors (Lipinski definition) is 2. The van der Waals surface area contributed by atoms with E-state index in [4.69, 9.17) is 0 Å². The van der Waals surface area contributed by atoms with Crippen LogP contribution in [0.5, 0.6) is 0 Å². The molecular weight excluding hydrogens is 360 g/mol. The highest BCUT2D eigenvalue weighted by molar-refractivity contribution is 6.00. The molecule has 3 aromatic carbocycles. The second-order valence-electron chi connectivity index (χ2n) is 7.32. The molecule has 148 valence electrons. The van der Waals surface area contributed by atoms with E-state index in [1.54, 1.807) is 6.07 Å². The molecule has 2 N–H and O–H groups in total. The van der Waals surface area contributed by atoms with Crippen LogP contribution in [0, 0.1) is 20.8 Å². The van der Waals surface area contributed by atoms with Crippen LogP contribution < -0.4 is 10.6 Å². The number of benzene rings is 3. The molecule has 0 aliphatic carbocycles. The molecule has 0 fully saturated rings. The molecule has 0 radical (unpaired) electrons. The van der Waals surface area contributed by atoms with Gasteiger partial charge in [-0.25, -0.2) is 0 Å². The number of aryl methyl sites for hydroxylation is 3. The zero-order valence-electron chi connectivity index (χ0n) is 17.1. The molecule has 0 spiro atoms. The van der Waals surface area contributed by atoms with Crippen molar-refractivity contribution in [3.8, 4) is 0 Å². The number of hydrogen-bond acceptors (Lipinski definition) is 2. The normalized spacial score (nSPS) is 10.4. The van der Waals surface area contributed by atoms with E-state index in [0.29, 0.717) is 12.0 Å². The minimum atomic E-state index is -0.246. The summed E-state index contributed by atoms with van der Waals surface area (Å²) in [5.41, 5.74) is 6.64. The Bertz CT molecular complexity index is 1000. The van der Waals surface area contributed by atoms with Gasteiger partial charge in [-0.1, -0.05) is 66.2 Å². The van der Waals surface area contributed by atoms with Crippen LogP contribution in [0.15, 0.2) is 66.7 Å². The minimum absolute atomic E-state index is 0.0781. The van der Waals surface area contributed by atoms with Crippen molar-refractivity contribution >= 4 is 17.5 Å². The Balaban J connectivity index is 1.65. The van der Waals surface area contributed by atoms with Gasteiger partial charge in [0.15, 0.2) is 0 Å². The van der Waals surface area contributed by atoms with Gasteiger partial charge in [-0.15, -0.1) is 0 Å². The Hall–Kier alpha value is -3.40. The van der Waals surface area contributed by atoms with Crippen LogP contribution >= 0.6 is 0 Å². The number of rotatable bonds is 6. The average Bonchev–Trinajstić information content (AvgIpc) is 2.70. The Morgan fingerprint density at radius 1 is 0.828 bits per heavy atom. The summed E-state index contributed by atoms with van der Waals surface area (Å²) in [6.45, 7) is 5.88. The van der Waals surface area contributed by atoms with Gasteiger partial charge in [-0.05, 0) is 55.5 Å². The Kier molecular flexibility index (Phi) is 6.45. The summed E-state index contributed by atoms with van der Waals surface area (Å²) in [6.07, 6.45) is 0.665. The lowest BCUT2D eigenvalue weighted by Gasteiger charge is -2.14. The number of carbonyl (C=O) groups is 2. The molecule has 0 saturated heterocycles. The van der Waals surface area contributed by atoms with Crippen LogP contribution in [0.1, 0.15) is 38.2 Å². The van der Waals surface area contributed by atoms with Crippen molar-refractivity contribution in [2.75, 3.05) is 11.9 Å². The van der Waals surface area contributed by atoms with Crippen LogP contribution in [0.4, 0.5) is 5.69 Å². The first-order valence-electron chi connectivity index (χ1n) is 9.72. The third-order valence-corrected chi connectivity index (χ3v) is 4.85. The Labute approximate surface area is 172 Å². The monoisotopic (exact) mass is 386 g/mol. The number of amides is 2. The average molecular weight is 386 g/mol. The highest BCUT2D eigenvalue weighted by Crippen LogP contribution is 2.21. The van der Waals surface area contributed by atoms with Crippen molar-refractivity contribution in [1.29, 1.82) is 0 Å². The van der Waals surface area contributed by atoms with Crippen LogP contribution in [-0.4, -0.2) is 18.4 Å². The molecule has 0 unspecified atom stereocenters. The highest BCUT2D eigenvalue weighted by Gasteiger charge is 2.14.